The molecular weight excluding hydrogens is 594 g/mol. The van der Waals surface area contributed by atoms with Crippen LogP contribution < -0.4 is 14.4 Å². The highest BCUT2D eigenvalue weighted by Gasteiger charge is 2.46. The van der Waals surface area contributed by atoms with Crippen LogP contribution in [-0.2, 0) is 24.6 Å². The summed E-state index contributed by atoms with van der Waals surface area (Å²) in [6.45, 7) is 2.64. The Labute approximate surface area is 274 Å². The van der Waals surface area contributed by atoms with E-state index in [1.54, 1.807) is 12.1 Å². The summed E-state index contributed by atoms with van der Waals surface area (Å²) >= 11 is 0. The number of piperidine rings is 1. The van der Waals surface area contributed by atoms with Crippen LogP contribution in [0.2, 0.25) is 0 Å². The molecule has 240 valence electrons. The zero-order valence-corrected chi connectivity index (χ0v) is 26.3. The molecule has 0 bridgehead atoms. The third-order valence-electron chi connectivity index (χ3n) is 9.42. The normalized spacial score (nSPS) is 15.7. The monoisotopic (exact) mass is 632 g/mol. The molecule has 0 N–H and O–H groups in total. The van der Waals surface area contributed by atoms with Crippen LogP contribution >= 0.6 is 0 Å². The second kappa shape index (κ2) is 13.9. The van der Waals surface area contributed by atoms with Crippen LogP contribution in [0.1, 0.15) is 42.4 Å². The van der Waals surface area contributed by atoms with Gasteiger partial charge in [-0.25, -0.2) is 8.78 Å². The molecule has 7 heteroatoms. The van der Waals surface area contributed by atoms with E-state index in [-0.39, 0.29) is 35.1 Å². The standard InChI is InChI=1S/C40H38F2N2O3/c41-35-22-32(44-20-18-40(19-21-44)24-33(25-40)45-26-29-10-4-1-5-11-29)23-36(42)38(35)34-16-17-37(46-27-30-12-6-2-7-13-30)43-39(34)47-28-31-14-8-3-9-15-31/h1-17,22-23,33H,18-21,24-28H2. The van der Waals surface area contributed by atoms with Crippen molar-refractivity contribution in [1.82, 2.24) is 4.98 Å². The topological polar surface area (TPSA) is 43.8 Å². The lowest BCUT2D eigenvalue weighted by Crippen LogP contribution is -2.50. The lowest BCUT2D eigenvalue weighted by molar-refractivity contribution is -0.0978. The number of halogens is 2. The molecule has 47 heavy (non-hydrogen) atoms. The molecule has 2 heterocycles. The molecule has 0 atom stereocenters. The molecule has 1 saturated carbocycles. The fourth-order valence-corrected chi connectivity index (χ4v) is 6.72. The fourth-order valence-electron chi connectivity index (χ4n) is 6.72. The van der Waals surface area contributed by atoms with Crippen molar-refractivity contribution in [3.05, 3.63) is 144 Å². The molecule has 5 nitrogen and oxygen atoms in total. The molecule has 0 radical (unpaired) electrons. The summed E-state index contributed by atoms with van der Waals surface area (Å²) in [7, 11) is 0. The van der Waals surface area contributed by atoms with Crippen molar-refractivity contribution < 1.29 is 23.0 Å². The average molecular weight is 633 g/mol. The first-order valence-corrected chi connectivity index (χ1v) is 16.3. The molecule has 1 aliphatic heterocycles. The maximum Gasteiger partial charge on any atom is 0.225 e. The minimum Gasteiger partial charge on any atom is -0.473 e. The van der Waals surface area contributed by atoms with Crippen LogP contribution in [0.15, 0.2) is 115 Å². The number of nitrogens with zero attached hydrogens (tertiary/aromatic N) is 2. The van der Waals surface area contributed by atoms with Gasteiger partial charge in [-0.15, -0.1) is 0 Å². The molecule has 1 saturated heterocycles. The smallest absolute Gasteiger partial charge is 0.225 e. The van der Waals surface area contributed by atoms with Crippen LogP contribution in [-0.4, -0.2) is 24.2 Å². The highest BCUT2D eigenvalue weighted by molar-refractivity contribution is 5.72. The predicted octanol–water partition coefficient (Wildman–Crippen LogP) is 9.15. The highest BCUT2D eigenvalue weighted by atomic mass is 19.1. The van der Waals surface area contributed by atoms with E-state index in [1.165, 1.54) is 17.7 Å². The van der Waals surface area contributed by atoms with Crippen molar-refractivity contribution in [3.63, 3.8) is 0 Å². The van der Waals surface area contributed by atoms with Crippen LogP contribution in [0.4, 0.5) is 14.5 Å². The van der Waals surface area contributed by atoms with Gasteiger partial charge in [-0.2, -0.15) is 4.98 Å². The van der Waals surface area contributed by atoms with E-state index in [0.29, 0.717) is 24.8 Å². The van der Waals surface area contributed by atoms with Crippen LogP contribution in [0.5, 0.6) is 11.8 Å². The van der Waals surface area contributed by atoms with Crippen LogP contribution in [0.25, 0.3) is 11.1 Å². The molecule has 4 aromatic carbocycles. The van der Waals surface area contributed by atoms with E-state index in [0.717, 1.165) is 49.9 Å². The quantitative estimate of drug-likeness (QED) is 0.145. The number of rotatable bonds is 11. The van der Waals surface area contributed by atoms with Gasteiger partial charge in [0.2, 0.25) is 11.8 Å². The van der Waals surface area contributed by atoms with Gasteiger partial charge in [0.25, 0.3) is 0 Å². The van der Waals surface area contributed by atoms with E-state index < -0.39 is 11.6 Å². The fraction of sp³-hybridized carbons (Fsp3) is 0.275. The number of hydrogen-bond donors (Lipinski definition) is 0. The van der Waals surface area contributed by atoms with E-state index in [1.807, 2.05) is 78.9 Å². The number of anilines is 1. The van der Waals surface area contributed by atoms with Crippen LogP contribution in [0, 0.1) is 17.0 Å². The van der Waals surface area contributed by atoms with E-state index in [9.17, 15) is 0 Å². The lowest BCUT2D eigenvalue weighted by Gasteiger charge is -2.52. The Morgan fingerprint density at radius 3 is 1.77 bits per heavy atom. The predicted molar refractivity (Wildman–Crippen MR) is 179 cm³/mol. The Hall–Kier alpha value is -4.75. The van der Waals surface area contributed by atoms with Crippen molar-refractivity contribution in [3.8, 4) is 22.9 Å². The zero-order valence-electron chi connectivity index (χ0n) is 26.3. The zero-order chi connectivity index (χ0) is 32.1. The summed E-state index contributed by atoms with van der Waals surface area (Å²) in [6.07, 6.45) is 4.32. The SMILES string of the molecule is Fc1cc(N2CCC3(CC2)CC(OCc2ccccc2)C3)cc(F)c1-c1ccc(OCc2ccccc2)nc1OCc1ccccc1. The molecule has 2 aliphatic rings. The van der Waals surface area contributed by atoms with Crippen molar-refractivity contribution in [1.29, 1.82) is 0 Å². The number of benzene rings is 4. The molecule has 1 aliphatic carbocycles. The molecule has 1 spiro atoms. The van der Waals surface area contributed by atoms with E-state index in [4.69, 9.17) is 14.2 Å². The first-order chi connectivity index (χ1) is 23.0. The molecular formula is C40H38F2N2O3. The number of ether oxygens (including phenoxy) is 3. The summed E-state index contributed by atoms with van der Waals surface area (Å²) in [5.41, 5.74) is 3.97. The van der Waals surface area contributed by atoms with Gasteiger partial charge in [0, 0.05) is 24.8 Å². The minimum absolute atomic E-state index is 0.110. The van der Waals surface area contributed by atoms with Crippen molar-refractivity contribution in [2.75, 3.05) is 18.0 Å². The lowest BCUT2D eigenvalue weighted by atomic mass is 9.61. The summed E-state index contributed by atoms with van der Waals surface area (Å²) in [4.78, 5) is 6.63. The van der Waals surface area contributed by atoms with Crippen molar-refractivity contribution >= 4 is 5.69 Å². The Balaban J connectivity index is 1.04. The minimum atomic E-state index is -0.650. The summed E-state index contributed by atoms with van der Waals surface area (Å²) in [5, 5.41) is 0. The van der Waals surface area contributed by atoms with Crippen molar-refractivity contribution in [2.24, 2.45) is 5.41 Å². The number of hydrogen-bond acceptors (Lipinski definition) is 5. The molecule has 0 unspecified atom stereocenters. The average Bonchev–Trinajstić information content (AvgIpc) is 3.10. The Morgan fingerprint density at radius 1 is 0.660 bits per heavy atom. The Kier molecular flexibility index (Phi) is 9.16. The third kappa shape index (κ3) is 7.31. The maximum absolute atomic E-state index is 15.9. The summed E-state index contributed by atoms with van der Waals surface area (Å²) in [5.74, 6) is -0.881. The van der Waals surface area contributed by atoms with Crippen LogP contribution in [0.3, 0.4) is 0 Å². The van der Waals surface area contributed by atoms with Gasteiger partial charge in [-0.05, 0) is 66.0 Å². The van der Waals surface area contributed by atoms with E-state index >= 15 is 8.78 Å². The van der Waals surface area contributed by atoms with E-state index in [2.05, 4.69) is 22.0 Å². The first-order valence-electron chi connectivity index (χ1n) is 16.3. The van der Waals surface area contributed by atoms with Gasteiger partial charge in [0.15, 0.2) is 0 Å². The molecule has 0 amide bonds. The van der Waals surface area contributed by atoms with Crippen molar-refractivity contribution in [2.45, 2.75) is 51.6 Å². The van der Waals surface area contributed by atoms with Gasteiger partial charge in [0.05, 0.1) is 23.8 Å². The largest absolute Gasteiger partial charge is 0.473 e. The molecule has 2 fully saturated rings. The second-order valence-corrected chi connectivity index (χ2v) is 12.6. The highest BCUT2D eigenvalue weighted by Crippen LogP contribution is 2.51. The molecule has 1 aromatic heterocycles. The molecule has 5 aromatic rings. The number of pyridine rings is 1. The Morgan fingerprint density at radius 2 is 1.19 bits per heavy atom. The van der Waals surface area contributed by atoms with Gasteiger partial charge in [-0.3, -0.25) is 0 Å². The number of aromatic nitrogens is 1. The third-order valence-corrected chi connectivity index (χ3v) is 9.42. The molecule has 7 rings (SSSR count). The van der Waals surface area contributed by atoms with Gasteiger partial charge >= 0.3 is 0 Å². The summed E-state index contributed by atoms with van der Waals surface area (Å²) < 4.78 is 49.9. The second-order valence-electron chi connectivity index (χ2n) is 12.6. The first kappa shape index (κ1) is 30.9. The summed E-state index contributed by atoms with van der Waals surface area (Å²) in [6, 6.07) is 35.7. The Bertz CT molecular complexity index is 1750. The van der Waals surface area contributed by atoms with Gasteiger partial charge in [-0.1, -0.05) is 91.0 Å². The maximum atomic E-state index is 15.9. The van der Waals surface area contributed by atoms with Gasteiger partial charge in [0.1, 0.15) is 24.8 Å². The van der Waals surface area contributed by atoms with Gasteiger partial charge < -0.3 is 19.1 Å².